The number of imide groups is 1. The second kappa shape index (κ2) is 8.06. The Hall–Kier alpha value is -3.55. The number of hydrogen-bond donors (Lipinski definition) is 1. The molecule has 1 aromatic carbocycles. The monoisotopic (exact) mass is 405 g/mol. The van der Waals surface area contributed by atoms with Crippen LogP contribution in [0.1, 0.15) is 43.1 Å². The fraction of sp³-hybridized carbons (Fsp3) is 0.318. The van der Waals surface area contributed by atoms with Crippen LogP contribution < -0.4 is 5.32 Å². The van der Waals surface area contributed by atoms with Crippen LogP contribution in [0.3, 0.4) is 0 Å². The predicted molar refractivity (Wildman–Crippen MR) is 112 cm³/mol. The molecule has 0 atom stereocenters. The molecule has 1 N–H and O–H groups in total. The number of aromatic nitrogens is 3. The zero-order valence-corrected chi connectivity index (χ0v) is 17.0. The lowest BCUT2D eigenvalue weighted by Gasteiger charge is -2.15. The lowest BCUT2D eigenvalue weighted by Crippen LogP contribution is -2.37. The number of carbonyl (C=O) groups excluding carboxylic acids is 3. The summed E-state index contributed by atoms with van der Waals surface area (Å²) in [5, 5.41) is 7.90. The third kappa shape index (κ3) is 3.68. The molecule has 2 aromatic heterocycles. The van der Waals surface area contributed by atoms with Crippen LogP contribution in [-0.2, 0) is 9.59 Å². The van der Waals surface area contributed by atoms with Crippen LogP contribution in [0.5, 0.6) is 0 Å². The van der Waals surface area contributed by atoms with Crippen LogP contribution in [0.2, 0.25) is 0 Å². The largest absolute Gasteiger partial charge is 0.350 e. The van der Waals surface area contributed by atoms with E-state index in [1.807, 2.05) is 44.2 Å². The highest BCUT2D eigenvalue weighted by Crippen LogP contribution is 2.26. The maximum Gasteiger partial charge on any atom is 0.252 e. The van der Waals surface area contributed by atoms with E-state index in [1.165, 1.54) is 4.90 Å². The number of benzene rings is 1. The first-order valence-electron chi connectivity index (χ1n) is 10.0. The smallest absolute Gasteiger partial charge is 0.252 e. The van der Waals surface area contributed by atoms with Gasteiger partial charge in [0.15, 0.2) is 5.65 Å². The van der Waals surface area contributed by atoms with Crippen molar-refractivity contribution in [2.24, 2.45) is 0 Å². The summed E-state index contributed by atoms with van der Waals surface area (Å²) in [7, 11) is 0. The normalized spacial score (nSPS) is 14.2. The molecule has 8 heteroatoms. The Morgan fingerprint density at radius 1 is 1.13 bits per heavy atom. The summed E-state index contributed by atoms with van der Waals surface area (Å²) < 4.78 is 1.79. The number of nitrogens with zero attached hydrogens (tertiary/aromatic N) is 4. The van der Waals surface area contributed by atoms with Crippen molar-refractivity contribution in [3.05, 3.63) is 48.2 Å². The fourth-order valence-corrected chi connectivity index (χ4v) is 3.59. The average Bonchev–Trinajstić information content (AvgIpc) is 3.32. The number of amides is 3. The Morgan fingerprint density at radius 2 is 1.83 bits per heavy atom. The van der Waals surface area contributed by atoms with Crippen molar-refractivity contribution in [3.63, 3.8) is 0 Å². The molecule has 3 heterocycles. The molecule has 1 aliphatic heterocycles. The summed E-state index contributed by atoms with van der Waals surface area (Å²) in [6.45, 7) is 4.38. The van der Waals surface area contributed by atoms with Gasteiger partial charge in [0.25, 0.3) is 5.91 Å². The molecule has 30 heavy (non-hydrogen) atoms. The van der Waals surface area contributed by atoms with Gasteiger partial charge in [-0.05, 0) is 19.9 Å². The van der Waals surface area contributed by atoms with Crippen molar-refractivity contribution >= 4 is 28.8 Å². The first-order chi connectivity index (χ1) is 14.5. The van der Waals surface area contributed by atoms with Gasteiger partial charge in [0, 0.05) is 37.5 Å². The van der Waals surface area contributed by atoms with E-state index in [4.69, 9.17) is 4.98 Å². The van der Waals surface area contributed by atoms with Crippen LogP contribution in [0, 0.1) is 0 Å². The lowest BCUT2D eigenvalue weighted by molar-refractivity contribution is -0.138. The van der Waals surface area contributed by atoms with Crippen molar-refractivity contribution in [1.82, 2.24) is 25.0 Å². The standard InChI is InChI=1S/C22H23N5O3/c1-14(2)27-21-17(13-24-27)16(12-18(25-21)15-6-4-3-5-7-15)22(30)23-10-11-26-19(28)8-9-20(26)29/h3-7,12-14H,8-11H2,1-2H3,(H,23,30). The topological polar surface area (TPSA) is 97.2 Å². The highest BCUT2D eigenvalue weighted by atomic mass is 16.2. The minimum absolute atomic E-state index is 0.0872. The Labute approximate surface area is 173 Å². The van der Waals surface area contributed by atoms with E-state index >= 15 is 0 Å². The summed E-state index contributed by atoms with van der Waals surface area (Å²) in [6.07, 6.45) is 2.14. The van der Waals surface area contributed by atoms with Gasteiger partial charge in [-0.2, -0.15) is 5.10 Å². The number of nitrogens with one attached hydrogen (secondary N) is 1. The molecule has 0 spiro atoms. The number of carbonyl (C=O) groups is 3. The molecule has 0 radical (unpaired) electrons. The molecule has 1 fully saturated rings. The zero-order valence-electron chi connectivity index (χ0n) is 17.0. The Bertz CT molecular complexity index is 1100. The van der Waals surface area contributed by atoms with E-state index in [1.54, 1.807) is 16.9 Å². The molecule has 154 valence electrons. The zero-order chi connectivity index (χ0) is 21.3. The van der Waals surface area contributed by atoms with Gasteiger partial charge in [-0.3, -0.25) is 19.3 Å². The van der Waals surface area contributed by atoms with Crippen molar-refractivity contribution in [2.45, 2.75) is 32.7 Å². The second-order valence-corrected chi connectivity index (χ2v) is 7.54. The SMILES string of the molecule is CC(C)n1ncc2c(C(=O)NCCN3C(=O)CCC3=O)cc(-c3ccccc3)nc21. The summed E-state index contributed by atoms with van der Waals surface area (Å²) in [5.41, 5.74) is 2.69. The maximum absolute atomic E-state index is 13.0. The summed E-state index contributed by atoms with van der Waals surface area (Å²) in [4.78, 5) is 42.4. The molecular formula is C22H23N5O3. The Balaban J connectivity index is 1.64. The van der Waals surface area contributed by atoms with Crippen LogP contribution in [0.4, 0.5) is 0 Å². The van der Waals surface area contributed by atoms with Gasteiger partial charge < -0.3 is 5.32 Å². The van der Waals surface area contributed by atoms with Gasteiger partial charge in [-0.15, -0.1) is 0 Å². The van der Waals surface area contributed by atoms with E-state index in [9.17, 15) is 14.4 Å². The highest BCUT2D eigenvalue weighted by molar-refractivity contribution is 6.06. The van der Waals surface area contributed by atoms with E-state index in [0.29, 0.717) is 22.3 Å². The molecule has 0 saturated carbocycles. The molecule has 0 aliphatic carbocycles. The van der Waals surface area contributed by atoms with Crippen LogP contribution in [-0.4, -0.2) is 50.5 Å². The first kappa shape index (κ1) is 19.8. The number of pyridine rings is 1. The number of fused-ring (bicyclic) bond motifs is 1. The van der Waals surface area contributed by atoms with Gasteiger partial charge in [-0.1, -0.05) is 30.3 Å². The van der Waals surface area contributed by atoms with Gasteiger partial charge in [0.1, 0.15) is 0 Å². The number of rotatable bonds is 6. The van der Waals surface area contributed by atoms with Gasteiger partial charge in [-0.25, -0.2) is 9.67 Å². The molecule has 3 amide bonds. The van der Waals surface area contributed by atoms with Gasteiger partial charge in [0.05, 0.1) is 22.8 Å². The van der Waals surface area contributed by atoms with Crippen molar-refractivity contribution in [1.29, 1.82) is 0 Å². The van der Waals surface area contributed by atoms with Crippen LogP contribution in [0.25, 0.3) is 22.3 Å². The molecule has 0 bridgehead atoms. The maximum atomic E-state index is 13.0. The Morgan fingerprint density at radius 3 is 2.50 bits per heavy atom. The van der Waals surface area contributed by atoms with Crippen LogP contribution >= 0.6 is 0 Å². The first-order valence-corrected chi connectivity index (χ1v) is 10.0. The second-order valence-electron chi connectivity index (χ2n) is 7.54. The third-order valence-electron chi connectivity index (χ3n) is 5.15. The minimum atomic E-state index is -0.290. The van der Waals surface area contributed by atoms with Gasteiger partial charge in [0.2, 0.25) is 11.8 Å². The number of likely N-dealkylation sites (tertiary alicyclic amines) is 1. The van der Waals surface area contributed by atoms with Crippen molar-refractivity contribution < 1.29 is 14.4 Å². The Kier molecular flexibility index (Phi) is 5.31. The summed E-state index contributed by atoms with van der Waals surface area (Å²) in [5.74, 6) is -0.669. The fourth-order valence-electron chi connectivity index (χ4n) is 3.59. The van der Waals surface area contributed by atoms with E-state index in [0.717, 1.165) is 5.56 Å². The third-order valence-corrected chi connectivity index (χ3v) is 5.15. The summed E-state index contributed by atoms with van der Waals surface area (Å²) >= 11 is 0. The molecule has 0 unspecified atom stereocenters. The average molecular weight is 405 g/mol. The van der Waals surface area contributed by atoms with E-state index < -0.39 is 0 Å². The predicted octanol–water partition coefficient (Wildman–Crippen LogP) is 2.56. The van der Waals surface area contributed by atoms with Gasteiger partial charge >= 0.3 is 0 Å². The van der Waals surface area contributed by atoms with E-state index in [2.05, 4.69) is 10.4 Å². The van der Waals surface area contributed by atoms with Crippen molar-refractivity contribution in [2.75, 3.05) is 13.1 Å². The molecule has 1 saturated heterocycles. The number of hydrogen-bond acceptors (Lipinski definition) is 5. The molecule has 8 nitrogen and oxygen atoms in total. The molecule has 3 aromatic rings. The van der Waals surface area contributed by atoms with Crippen molar-refractivity contribution in [3.8, 4) is 11.3 Å². The quantitative estimate of drug-likeness (QED) is 0.636. The molecular weight excluding hydrogens is 382 g/mol. The minimum Gasteiger partial charge on any atom is -0.350 e. The van der Waals surface area contributed by atoms with Crippen LogP contribution in [0.15, 0.2) is 42.6 Å². The molecule has 4 rings (SSSR count). The summed E-state index contributed by atoms with van der Waals surface area (Å²) in [6, 6.07) is 11.5. The lowest BCUT2D eigenvalue weighted by atomic mass is 10.1. The molecule has 1 aliphatic rings. The highest BCUT2D eigenvalue weighted by Gasteiger charge is 2.28. The van der Waals surface area contributed by atoms with E-state index in [-0.39, 0.29) is 49.7 Å².